The third kappa shape index (κ3) is 3.96. The van der Waals surface area contributed by atoms with Crippen LogP contribution in [0, 0.1) is 11.8 Å². The maximum Gasteiger partial charge on any atom is 0.242 e. The SMILES string of the molecule is CCNS(=O)(=O)c1ccccc1NCC1CCCC1CN. The smallest absolute Gasteiger partial charge is 0.242 e. The summed E-state index contributed by atoms with van der Waals surface area (Å²) in [5.74, 6) is 1.08. The summed E-state index contributed by atoms with van der Waals surface area (Å²) in [7, 11) is -3.44. The second kappa shape index (κ2) is 7.24. The average Bonchev–Trinajstić information content (AvgIpc) is 2.93. The summed E-state index contributed by atoms with van der Waals surface area (Å²) in [5, 5.41) is 3.31. The number of nitrogens with two attached hydrogens (primary N) is 1. The van der Waals surface area contributed by atoms with Crippen molar-refractivity contribution in [2.45, 2.75) is 31.1 Å². The zero-order valence-electron chi connectivity index (χ0n) is 12.5. The minimum Gasteiger partial charge on any atom is -0.384 e. The van der Waals surface area contributed by atoms with Crippen molar-refractivity contribution >= 4 is 15.7 Å². The topological polar surface area (TPSA) is 84.2 Å². The highest BCUT2D eigenvalue weighted by molar-refractivity contribution is 7.89. The van der Waals surface area contributed by atoms with Crippen LogP contribution in [0.2, 0.25) is 0 Å². The lowest BCUT2D eigenvalue weighted by atomic mass is 9.96. The molecule has 0 aromatic heterocycles. The van der Waals surface area contributed by atoms with E-state index in [0.29, 0.717) is 35.5 Å². The molecular weight excluding hydrogens is 286 g/mol. The summed E-state index contributed by atoms with van der Waals surface area (Å²) in [6, 6.07) is 7.04. The zero-order valence-corrected chi connectivity index (χ0v) is 13.3. The lowest BCUT2D eigenvalue weighted by molar-refractivity contribution is 0.414. The molecule has 1 saturated carbocycles. The Morgan fingerprint density at radius 1 is 1.24 bits per heavy atom. The van der Waals surface area contributed by atoms with Gasteiger partial charge in [0.25, 0.3) is 0 Å². The maximum atomic E-state index is 12.2. The molecule has 0 aliphatic heterocycles. The van der Waals surface area contributed by atoms with Gasteiger partial charge in [-0.15, -0.1) is 0 Å². The number of sulfonamides is 1. The van der Waals surface area contributed by atoms with Gasteiger partial charge in [-0.25, -0.2) is 13.1 Å². The van der Waals surface area contributed by atoms with Gasteiger partial charge in [0.05, 0.1) is 5.69 Å². The van der Waals surface area contributed by atoms with E-state index in [2.05, 4.69) is 10.0 Å². The highest BCUT2D eigenvalue weighted by atomic mass is 32.2. The highest BCUT2D eigenvalue weighted by Crippen LogP contribution is 2.31. The minimum atomic E-state index is -3.44. The van der Waals surface area contributed by atoms with Crippen LogP contribution in [-0.2, 0) is 10.0 Å². The van der Waals surface area contributed by atoms with Crippen molar-refractivity contribution in [2.24, 2.45) is 17.6 Å². The zero-order chi connectivity index (χ0) is 15.3. The fraction of sp³-hybridized carbons (Fsp3) is 0.600. The monoisotopic (exact) mass is 311 g/mol. The van der Waals surface area contributed by atoms with Gasteiger partial charge in [0.1, 0.15) is 4.90 Å². The molecule has 1 aromatic carbocycles. The van der Waals surface area contributed by atoms with E-state index in [4.69, 9.17) is 5.73 Å². The van der Waals surface area contributed by atoms with E-state index < -0.39 is 10.0 Å². The first-order valence-electron chi connectivity index (χ1n) is 7.61. The molecule has 0 heterocycles. The molecule has 118 valence electrons. The Labute approximate surface area is 127 Å². The van der Waals surface area contributed by atoms with Crippen LogP contribution in [0.25, 0.3) is 0 Å². The Bertz CT molecular complexity index is 560. The van der Waals surface area contributed by atoms with Gasteiger partial charge < -0.3 is 11.1 Å². The van der Waals surface area contributed by atoms with Gasteiger partial charge in [0.2, 0.25) is 10.0 Å². The molecule has 0 radical (unpaired) electrons. The first-order chi connectivity index (χ1) is 10.1. The molecule has 1 aliphatic rings. The van der Waals surface area contributed by atoms with Crippen LogP contribution < -0.4 is 15.8 Å². The number of hydrogen-bond donors (Lipinski definition) is 3. The summed E-state index contributed by atoms with van der Waals surface area (Å²) in [4.78, 5) is 0.314. The van der Waals surface area contributed by atoms with Crippen LogP contribution >= 0.6 is 0 Å². The lowest BCUT2D eigenvalue weighted by Crippen LogP contribution is -2.27. The molecular formula is C15H25N3O2S. The highest BCUT2D eigenvalue weighted by Gasteiger charge is 2.26. The molecule has 2 atom stereocenters. The van der Waals surface area contributed by atoms with E-state index in [9.17, 15) is 8.42 Å². The van der Waals surface area contributed by atoms with Gasteiger partial charge >= 0.3 is 0 Å². The molecule has 2 unspecified atom stereocenters. The van der Waals surface area contributed by atoms with E-state index in [1.807, 2.05) is 12.1 Å². The number of rotatable bonds is 7. The molecule has 21 heavy (non-hydrogen) atoms. The molecule has 0 saturated heterocycles. The number of nitrogens with one attached hydrogen (secondary N) is 2. The van der Waals surface area contributed by atoms with Crippen LogP contribution in [0.4, 0.5) is 5.69 Å². The van der Waals surface area contributed by atoms with Gasteiger partial charge in [-0.05, 0) is 43.4 Å². The Morgan fingerprint density at radius 3 is 2.67 bits per heavy atom. The van der Waals surface area contributed by atoms with Crippen LogP contribution in [0.15, 0.2) is 29.2 Å². The Kier molecular flexibility index (Phi) is 5.61. The number of para-hydroxylation sites is 1. The normalized spacial score (nSPS) is 22.4. The van der Waals surface area contributed by atoms with Gasteiger partial charge in [-0.2, -0.15) is 0 Å². The standard InChI is InChI=1S/C15H25N3O2S/c1-2-18-21(19,20)15-9-4-3-8-14(15)17-11-13-7-5-6-12(13)10-16/h3-4,8-9,12-13,17-18H,2,5-7,10-11,16H2,1H3. The van der Waals surface area contributed by atoms with Crippen molar-refractivity contribution in [1.82, 2.24) is 4.72 Å². The van der Waals surface area contributed by atoms with E-state index in [1.165, 1.54) is 12.8 Å². The predicted molar refractivity (Wildman–Crippen MR) is 85.7 cm³/mol. The quantitative estimate of drug-likeness (QED) is 0.716. The lowest BCUT2D eigenvalue weighted by Gasteiger charge is -2.20. The third-order valence-corrected chi connectivity index (χ3v) is 5.79. The fourth-order valence-corrected chi connectivity index (χ4v) is 4.27. The van der Waals surface area contributed by atoms with Crippen molar-refractivity contribution in [2.75, 3.05) is 25.0 Å². The molecule has 1 aliphatic carbocycles. The van der Waals surface area contributed by atoms with Gasteiger partial charge in [-0.1, -0.05) is 25.5 Å². The summed E-state index contributed by atoms with van der Waals surface area (Å²) in [6.07, 6.45) is 3.56. The Morgan fingerprint density at radius 2 is 1.95 bits per heavy atom. The number of benzene rings is 1. The van der Waals surface area contributed by atoms with Crippen molar-refractivity contribution in [3.8, 4) is 0 Å². The summed E-state index contributed by atoms with van der Waals surface area (Å²) in [6.45, 7) is 3.65. The van der Waals surface area contributed by atoms with Crippen LogP contribution in [0.3, 0.4) is 0 Å². The van der Waals surface area contributed by atoms with E-state index in [-0.39, 0.29) is 0 Å². The van der Waals surface area contributed by atoms with Crippen molar-refractivity contribution in [3.63, 3.8) is 0 Å². The molecule has 6 heteroatoms. The fourth-order valence-electron chi connectivity index (χ4n) is 3.05. The van der Waals surface area contributed by atoms with Crippen LogP contribution in [0.1, 0.15) is 26.2 Å². The van der Waals surface area contributed by atoms with Gasteiger partial charge in [0.15, 0.2) is 0 Å². The van der Waals surface area contributed by atoms with Gasteiger partial charge in [-0.3, -0.25) is 0 Å². The largest absolute Gasteiger partial charge is 0.384 e. The Hall–Kier alpha value is -1.11. The molecule has 5 nitrogen and oxygen atoms in total. The van der Waals surface area contributed by atoms with E-state index in [0.717, 1.165) is 13.0 Å². The van der Waals surface area contributed by atoms with Gasteiger partial charge in [0, 0.05) is 13.1 Å². The molecule has 4 N–H and O–H groups in total. The number of hydrogen-bond acceptors (Lipinski definition) is 4. The summed E-state index contributed by atoms with van der Waals surface area (Å²) >= 11 is 0. The molecule has 1 aromatic rings. The molecule has 0 bridgehead atoms. The van der Waals surface area contributed by atoms with E-state index >= 15 is 0 Å². The van der Waals surface area contributed by atoms with Crippen LogP contribution in [0.5, 0.6) is 0 Å². The maximum absolute atomic E-state index is 12.2. The predicted octanol–water partition coefficient (Wildman–Crippen LogP) is 1.77. The number of anilines is 1. The van der Waals surface area contributed by atoms with E-state index in [1.54, 1.807) is 19.1 Å². The average molecular weight is 311 g/mol. The minimum absolute atomic E-state index is 0.314. The third-order valence-electron chi connectivity index (χ3n) is 4.18. The second-order valence-corrected chi connectivity index (χ2v) is 7.30. The first-order valence-corrected chi connectivity index (χ1v) is 9.09. The summed E-state index contributed by atoms with van der Waals surface area (Å²) in [5.41, 5.74) is 6.47. The van der Waals surface area contributed by atoms with Crippen molar-refractivity contribution in [3.05, 3.63) is 24.3 Å². The first kappa shape index (κ1) is 16.3. The molecule has 1 fully saturated rings. The summed E-state index contributed by atoms with van der Waals surface area (Å²) < 4.78 is 26.9. The molecule has 2 rings (SSSR count). The molecule has 0 spiro atoms. The Balaban J connectivity index is 2.10. The van der Waals surface area contributed by atoms with Crippen molar-refractivity contribution < 1.29 is 8.42 Å². The molecule has 0 amide bonds. The van der Waals surface area contributed by atoms with Crippen LogP contribution in [-0.4, -0.2) is 28.1 Å². The second-order valence-electron chi connectivity index (χ2n) is 5.57. The van der Waals surface area contributed by atoms with Crippen molar-refractivity contribution in [1.29, 1.82) is 0 Å².